The number of nitrogens with zero attached hydrogens (tertiary/aromatic N) is 5. The van der Waals surface area contributed by atoms with Gasteiger partial charge in [0.2, 0.25) is 11.8 Å². The van der Waals surface area contributed by atoms with Crippen molar-refractivity contribution in [3.63, 3.8) is 0 Å². The summed E-state index contributed by atoms with van der Waals surface area (Å²) in [5.74, 6) is 0.911. The number of ether oxygens (including phenoxy) is 2. The summed E-state index contributed by atoms with van der Waals surface area (Å²) >= 11 is 1.27. The summed E-state index contributed by atoms with van der Waals surface area (Å²) in [7, 11) is 1.60. The largest absolute Gasteiger partial charge is 0.573 e. The van der Waals surface area contributed by atoms with Crippen molar-refractivity contribution in [1.29, 1.82) is 0 Å². The van der Waals surface area contributed by atoms with Crippen LogP contribution in [0.2, 0.25) is 0 Å². The molecule has 0 spiro atoms. The molecule has 2 amide bonds. The first-order chi connectivity index (χ1) is 22.4. The Morgan fingerprint density at radius 1 is 1.02 bits per heavy atom. The minimum Gasteiger partial charge on any atom is -0.497 e. The third-order valence-corrected chi connectivity index (χ3v) is 8.49. The van der Waals surface area contributed by atoms with Gasteiger partial charge in [0.05, 0.1) is 24.2 Å². The summed E-state index contributed by atoms with van der Waals surface area (Å²) in [6.07, 6.45) is -1.49. The Morgan fingerprint density at radius 3 is 2.38 bits per heavy atom. The topological polar surface area (TPSA) is 98.9 Å². The van der Waals surface area contributed by atoms with Gasteiger partial charge in [0.1, 0.15) is 17.8 Å². The molecule has 5 rings (SSSR count). The molecule has 2 heterocycles. The zero-order valence-electron chi connectivity index (χ0n) is 26.3. The van der Waals surface area contributed by atoms with E-state index in [0.29, 0.717) is 22.4 Å². The lowest BCUT2D eigenvalue weighted by Crippen LogP contribution is -2.31. The van der Waals surface area contributed by atoms with Crippen molar-refractivity contribution in [3.05, 3.63) is 84.2 Å². The zero-order chi connectivity index (χ0) is 33.7. The number of hydrogen-bond acceptors (Lipinski definition) is 7. The minimum atomic E-state index is -4.75. The lowest BCUT2D eigenvalue weighted by atomic mass is 9.97. The number of carbonyl (C=O) groups is 2. The molecule has 0 bridgehead atoms. The third kappa shape index (κ3) is 8.59. The number of thioether (sulfide) groups is 1. The number of aliphatic imine (C=N–C) groups is 1. The van der Waals surface area contributed by atoms with Gasteiger partial charge >= 0.3 is 6.36 Å². The molecule has 1 fully saturated rings. The second kappa shape index (κ2) is 14.4. The zero-order valence-corrected chi connectivity index (χ0v) is 27.1. The predicted octanol–water partition coefficient (Wildman–Crippen LogP) is 7.59. The molecule has 1 unspecified atom stereocenters. The standard InChI is InChI=1S/C34H34F3N5O4S/c1-21(2)28-18-27(45-4)15-16-29(28)42-31(44)19-47-33(42)39-30(43)17-22(3)5-6-23-7-9-24(10-8-23)32-38-20-41(40-32)25-11-13-26(14-12-25)46-34(35,36)37/h7-16,18,20-22H,5-6,17,19H2,1-4H3. The highest BCUT2D eigenvalue weighted by molar-refractivity contribution is 8.15. The van der Waals surface area contributed by atoms with Crippen LogP contribution in [0.1, 0.15) is 50.7 Å². The van der Waals surface area contributed by atoms with E-state index in [4.69, 9.17) is 4.74 Å². The smallest absolute Gasteiger partial charge is 0.497 e. The maximum atomic E-state index is 13.0. The van der Waals surface area contributed by atoms with Crippen LogP contribution in [0.25, 0.3) is 17.1 Å². The fourth-order valence-corrected chi connectivity index (χ4v) is 5.99. The van der Waals surface area contributed by atoms with Gasteiger partial charge in [0.15, 0.2) is 11.0 Å². The molecule has 1 saturated heterocycles. The molecule has 0 aliphatic carbocycles. The van der Waals surface area contributed by atoms with E-state index in [2.05, 4.69) is 19.8 Å². The summed E-state index contributed by atoms with van der Waals surface area (Å²) in [6, 6.07) is 18.7. The summed E-state index contributed by atoms with van der Waals surface area (Å²) in [5, 5.41) is 4.85. The van der Waals surface area contributed by atoms with E-state index < -0.39 is 6.36 Å². The first-order valence-electron chi connectivity index (χ1n) is 15.0. The average molecular weight is 666 g/mol. The van der Waals surface area contributed by atoms with Crippen molar-refractivity contribution >= 4 is 34.4 Å². The Morgan fingerprint density at radius 2 is 1.72 bits per heavy atom. The highest BCUT2D eigenvalue weighted by atomic mass is 32.2. The van der Waals surface area contributed by atoms with Crippen LogP contribution in [0.15, 0.2) is 78.0 Å². The van der Waals surface area contributed by atoms with Crippen LogP contribution in [0.3, 0.4) is 0 Å². The van der Waals surface area contributed by atoms with Gasteiger partial charge in [-0.2, -0.15) is 4.99 Å². The molecule has 47 heavy (non-hydrogen) atoms. The number of aromatic nitrogens is 3. The van der Waals surface area contributed by atoms with Gasteiger partial charge in [0, 0.05) is 12.0 Å². The average Bonchev–Trinajstić information content (AvgIpc) is 3.66. The van der Waals surface area contributed by atoms with E-state index in [1.165, 1.54) is 47.0 Å². The van der Waals surface area contributed by atoms with E-state index in [0.717, 1.165) is 35.2 Å². The van der Waals surface area contributed by atoms with E-state index in [1.54, 1.807) is 18.1 Å². The van der Waals surface area contributed by atoms with Crippen molar-refractivity contribution in [2.75, 3.05) is 17.8 Å². The highest BCUT2D eigenvalue weighted by Crippen LogP contribution is 2.36. The summed E-state index contributed by atoms with van der Waals surface area (Å²) in [5.41, 5.74) is 4.07. The lowest BCUT2D eigenvalue weighted by Gasteiger charge is -2.22. The fourth-order valence-electron chi connectivity index (χ4n) is 5.11. The summed E-state index contributed by atoms with van der Waals surface area (Å²) < 4.78 is 48.0. The van der Waals surface area contributed by atoms with Crippen LogP contribution in [-0.2, 0) is 16.0 Å². The number of amides is 2. The van der Waals surface area contributed by atoms with E-state index in [1.807, 2.05) is 57.2 Å². The maximum absolute atomic E-state index is 13.0. The van der Waals surface area contributed by atoms with Crippen molar-refractivity contribution in [1.82, 2.24) is 14.8 Å². The van der Waals surface area contributed by atoms with Crippen molar-refractivity contribution in [2.45, 2.75) is 52.3 Å². The number of anilines is 1. The fraction of sp³-hybridized carbons (Fsp3) is 0.324. The number of hydrogen-bond donors (Lipinski definition) is 0. The van der Waals surface area contributed by atoms with E-state index in [-0.39, 0.29) is 41.6 Å². The Balaban J connectivity index is 1.16. The molecular formula is C34H34F3N5O4S. The Labute approximate surface area is 274 Å². The molecule has 13 heteroatoms. The number of aryl methyl sites for hydroxylation is 1. The van der Waals surface area contributed by atoms with Crippen molar-refractivity contribution in [2.24, 2.45) is 10.9 Å². The quantitative estimate of drug-likeness (QED) is 0.163. The van der Waals surface area contributed by atoms with Gasteiger partial charge in [-0.15, -0.1) is 18.3 Å². The van der Waals surface area contributed by atoms with Crippen molar-refractivity contribution in [3.8, 4) is 28.6 Å². The molecule has 1 atom stereocenters. The maximum Gasteiger partial charge on any atom is 0.573 e. The lowest BCUT2D eigenvalue weighted by molar-refractivity contribution is -0.274. The molecule has 3 aromatic carbocycles. The van der Waals surface area contributed by atoms with Crippen LogP contribution in [0.5, 0.6) is 11.5 Å². The van der Waals surface area contributed by atoms with E-state index in [9.17, 15) is 22.8 Å². The molecule has 0 saturated carbocycles. The number of rotatable bonds is 11. The highest BCUT2D eigenvalue weighted by Gasteiger charge is 2.33. The Hall–Kier alpha value is -4.65. The molecule has 9 nitrogen and oxygen atoms in total. The predicted molar refractivity (Wildman–Crippen MR) is 175 cm³/mol. The number of amidine groups is 1. The number of carbonyl (C=O) groups excluding carboxylic acids is 2. The molecule has 246 valence electrons. The summed E-state index contributed by atoms with van der Waals surface area (Å²) in [4.78, 5) is 36.1. The van der Waals surface area contributed by atoms with Crippen LogP contribution >= 0.6 is 11.8 Å². The number of alkyl halides is 3. The molecule has 1 aliphatic rings. The van der Waals surface area contributed by atoms with Gasteiger partial charge in [0.25, 0.3) is 0 Å². The van der Waals surface area contributed by atoms with Crippen LogP contribution in [-0.4, -0.2) is 51.0 Å². The number of methoxy groups -OCH3 is 1. The van der Waals surface area contributed by atoms with Crippen LogP contribution in [0.4, 0.5) is 18.9 Å². The first-order valence-corrected chi connectivity index (χ1v) is 16.0. The molecule has 0 radical (unpaired) electrons. The summed E-state index contributed by atoms with van der Waals surface area (Å²) in [6.45, 7) is 6.09. The normalized spacial score (nSPS) is 15.0. The van der Waals surface area contributed by atoms with Gasteiger partial charge < -0.3 is 9.47 Å². The Bertz CT molecular complexity index is 1750. The SMILES string of the molecule is COc1ccc(N2C(=O)CSC2=NC(=O)CC(C)CCc2ccc(-c3ncn(-c4ccc(OC(F)(F)F)cc4)n3)cc2)c(C(C)C)c1. The second-order valence-electron chi connectivity index (χ2n) is 11.5. The minimum absolute atomic E-state index is 0.0691. The van der Waals surface area contributed by atoms with Crippen LogP contribution in [0, 0.1) is 5.92 Å². The van der Waals surface area contributed by atoms with Crippen LogP contribution < -0.4 is 14.4 Å². The third-order valence-electron chi connectivity index (χ3n) is 7.57. The van der Waals surface area contributed by atoms with Crippen molar-refractivity contribution < 1.29 is 32.2 Å². The number of benzene rings is 3. The van der Waals surface area contributed by atoms with E-state index >= 15 is 0 Å². The molecule has 1 aliphatic heterocycles. The first kappa shape index (κ1) is 33.7. The second-order valence-corrected chi connectivity index (χ2v) is 12.4. The molecular weight excluding hydrogens is 631 g/mol. The monoisotopic (exact) mass is 665 g/mol. The number of halogens is 3. The Kier molecular flexibility index (Phi) is 10.3. The molecule has 0 N–H and O–H groups in total. The van der Waals surface area contributed by atoms with Gasteiger partial charge in [-0.25, -0.2) is 9.67 Å². The van der Waals surface area contributed by atoms with Gasteiger partial charge in [-0.3, -0.25) is 14.5 Å². The molecule has 1 aromatic heterocycles. The molecule has 4 aromatic rings. The van der Waals surface area contributed by atoms with Gasteiger partial charge in [-0.05, 0) is 78.3 Å². The van der Waals surface area contributed by atoms with Gasteiger partial charge in [-0.1, -0.05) is 56.8 Å².